The average molecular weight is 424 g/mol. The molecule has 0 aromatic heterocycles. The van der Waals surface area contributed by atoms with Crippen LogP contribution < -0.4 is 27.6 Å². The fourth-order valence-corrected chi connectivity index (χ4v) is 2.28. The molecule has 30 heavy (non-hydrogen) atoms. The highest BCUT2D eigenvalue weighted by atomic mass is 19.4. The molecule has 2 aromatic rings. The number of rotatable bonds is 5. The van der Waals surface area contributed by atoms with Gasteiger partial charge in [-0.05, 0) is 57.2 Å². The van der Waals surface area contributed by atoms with E-state index in [4.69, 9.17) is 17.0 Å². The van der Waals surface area contributed by atoms with Gasteiger partial charge < -0.3 is 16.4 Å². The predicted molar refractivity (Wildman–Crippen MR) is 112 cm³/mol. The van der Waals surface area contributed by atoms with Crippen LogP contribution in [-0.2, 0) is 11.0 Å². The van der Waals surface area contributed by atoms with Gasteiger partial charge in [0, 0.05) is 22.5 Å². The van der Waals surface area contributed by atoms with Crippen LogP contribution in [0.5, 0.6) is 0 Å². The third kappa shape index (κ3) is 8.93. The zero-order chi connectivity index (χ0) is 22.9. The van der Waals surface area contributed by atoms with Crippen LogP contribution in [0, 0.1) is 5.41 Å². The molecule has 0 heterocycles. The molecule has 0 aliphatic rings. The van der Waals surface area contributed by atoms with E-state index in [0.29, 0.717) is 16.9 Å². The Bertz CT molecular complexity index is 845. The minimum Gasteiger partial charge on any atom is -0.384 e. The Balaban J connectivity index is 0.000000382. The van der Waals surface area contributed by atoms with Gasteiger partial charge in [-0.2, -0.15) is 13.2 Å². The molecule has 2 aromatic carbocycles. The molecule has 164 valence electrons. The number of carbonyl (C=O) groups excluding carboxylic acids is 1. The lowest BCUT2D eigenvalue weighted by molar-refractivity contribution is -0.137. The molecular formula is C20H27F3N6O. The summed E-state index contributed by atoms with van der Waals surface area (Å²) < 4.78 is 37.4. The molecule has 0 bridgehead atoms. The maximum atomic E-state index is 12.5. The van der Waals surface area contributed by atoms with E-state index in [2.05, 4.69) is 16.1 Å². The topological polar surface area (TPSA) is 129 Å². The second-order valence-electron chi connectivity index (χ2n) is 7.34. The summed E-state index contributed by atoms with van der Waals surface area (Å²) in [5, 5.41) is 13.1. The van der Waals surface area contributed by atoms with Crippen LogP contribution in [0.3, 0.4) is 0 Å². The Labute approximate surface area is 173 Å². The summed E-state index contributed by atoms with van der Waals surface area (Å²) in [6, 6.07) is 11.5. The van der Waals surface area contributed by atoms with E-state index in [0.717, 1.165) is 12.1 Å². The number of anilines is 2. The summed E-state index contributed by atoms with van der Waals surface area (Å²) in [4.78, 5) is 10.8. The van der Waals surface area contributed by atoms with Gasteiger partial charge in [-0.3, -0.25) is 21.5 Å². The highest BCUT2D eigenvalue weighted by molar-refractivity contribution is 6.00. The van der Waals surface area contributed by atoms with Crippen LogP contribution in [0.2, 0.25) is 0 Å². The Hall–Kier alpha value is -3.11. The quantitative estimate of drug-likeness (QED) is 0.190. The van der Waals surface area contributed by atoms with Gasteiger partial charge in [-0.1, -0.05) is 12.1 Å². The molecular weight excluding hydrogens is 397 g/mol. The van der Waals surface area contributed by atoms with Crippen molar-refractivity contribution in [2.45, 2.75) is 32.5 Å². The van der Waals surface area contributed by atoms with Gasteiger partial charge in [0.2, 0.25) is 5.91 Å². The smallest absolute Gasteiger partial charge is 0.384 e. The fraction of sp³-hybridized carbons (Fsp3) is 0.300. The number of para-hydroxylation sites is 1. The molecule has 0 saturated heterocycles. The number of benzene rings is 2. The third-order valence-electron chi connectivity index (χ3n) is 3.49. The van der Waals surface area contributed by atoms with Crippen LogP contribution in [0.25, 0.3) is 0 Å². The summed E-state index contributed by atoms with van der Waals surface area (Å²) in [7, 11) is 0. The van der Waals surface area contributed by atoms with Gasteiger partial charge >= 0.3 is 6.18 Å². The number of amidine groups is 1. The van der Waals surface area contributed by atoms with Crippen molar-refractivity contribution in [1.82, 2.24) is 10.7 Å². The number of halogens is 3. The number of carbonyl (C=O) groups is 1. The predicted octanol–water partition coefficient (Wildman–Crippen LogP) is 3.10. The summed E-state index contributed by atoms with van der Waals surface area (Å²) in [5.41, 5.74) is 8.40. The molecule has 0 fully saturated rings. The molecule has 0 atom stereocenters. The normalized spacial score (nSPS) is 11.2. The Kier molecular flexibility index (Phi) is 8.81. The first kappa shape index (κ1) is 24.9. The monoisotopic (exact) mass is 424 g/mol. The van der Waals surface area contributed by atoms with Crippen molar-refractivity contribution >= 4 is 23.1 Å². The molecule has 0 aliphatic carbocycles. The SMILES string of the molecule is CC(C)(C)NC(=O)CNN.N=C(N)c1ccccc1Nc1ccc(C(F)(F)F)cc1. The van der Waals surface area contributed by atoms with E-state index in [1.54, 1.807) is 24.3 Å². The lowest BCUT2D eigenvalue weighted by atomic mass is 10.1. The number of nitrogen functional groups attached to an aromatic ring is 1. The summed E-state index contributed by atoms with van der Waals surface area (Å²) in [6.45, 7) is 5.92. The largest absolute Gasteiger partial charge is 0.416 e. The summed E-state index contributed by atoms with van der Waals surface area (Å²) >= 11 is 0. The van der Waals surface area contributed by atoms with Gasteiger partial charge in [0.25, 0.3) is 0 Å². The second-order valence-corrected chi connectivity index (χ2v) is 7.34. The number of nitrogens with two attached hydrogens (primary N) is 2. The van der Waals surface area contributed by atoms with E-state index >= 15 is 0 Å². The first-order chi connectivity index (χ1) is 13.8. The van der Waals surface area contributed by atoms with Crippen molar-refractivity contribution in [1.29, 1.82) is 5.41 Å². The first-order valence-corrected chi connectivity index (χ1v) is 8.95. The van der Waals surface area contributed by atoms with Crippen molar-refractivity contribution in [3.63, 3.8) is 0 Å². The van der Waals surface area contributed by atoms with E-state index in [1.807, 2.05) is 20.8 Å². The molecule has 2 rings (SSSR count). The lowest BCUT2D eigenvalue weighted by Gasteiger charge is -2.19. The van der Waals surface area contributed by atoms with Crippen LogP contribution in [-0.4, -0.2) is 23.8 Å². The second kappa shape index (κ2) is 10.6. The first-order valence-electron chi connectivity index (χ1n) is 8.95. The van der Waals surface area contributed by atoms with Crippen molar-refractivity contribution < 1.29 is 18.0 Å². The third-order valence-corrected chi connectivity index (χ3v) is 3.49. The van der Waals surface area contributed by atoms with Crippen LogP contribution >= 0.6 is 0 Å². The van der Waals surface area contributed by atoms with Gasteiger partial charge in [0.15, 0.2) is 0 Å². The van der Waals surface area contributed by atoms with E-state index in [9.17, 15) is 18.0 Å². The highest BCUT2D eigenvalue weighted by Crippen LogP contribution is 2.30. The molecule has 0 saturated carbocycles. The highest BCUT2D eigenvalue weighted by Gasteiger charge is 2.29. The number of hydrogen-bond acceptors (Lipinski definition) is 5. The summed E-state index contributed by atoms with van der Waals surface area (Å²) in [6.07, 6.45) is -4.35. The average Bonchev–Trinajstić information content (AvgIpc) is 2.61. The van der Waals surface area contributed by atoms with Crippen molar-refractivity contribution in [2.75, 3.05) is 11.9 Å². The maximum absolute atomic E-state index is 12.5. The van der Waals surface area contributed by atoms with Gasteiger partial charge in [-0.15, -0.1) is 0 Å². The summed E-state index contributed by atoms with van der Waals surface area (Å²) in [5.74, 6) is 4.74. The maximum Gasteiger partial charge on any atom is 0.416 e. The van der Waals surface area contributed by atoms with E-state index < -0.39 is 11.7 Å². The number of amides is 1. The molecule has 7 nitrogen and oxygen atoms in total. The Morgan fingerprint density at radius 1 is 1.03 bits per heavy atom. The minimum absolute atomic E-state index is 0.0880. The zero-order valence-electron chi connectivity index (χ0n) is 17.0. The molecule has 0 unspecified atom stereocenters. The molecule has 0 spiro atoms. The number of nitrogens with one attached hydrogen (secondary N) is 4. The van der Waals surface area contributed by atoms with Crippen LogP contribution in [0.15, 0.2) is 48.5 Å². The van der Waals surface area contributed by atoms with Crippen molar-refractivity contribution in [3.05, 3.63) is 59.7 Å². The van der Waals surface area contributed by atoms with Crippen LogP contribution in [0.1, 0.15) is 31.9 Å². The Morgan fingerprint density at radius 3 is 2.07 bits per heavy atom. The lowest BCUT2D eigenvalue weighted by Crippen LogP contribution is -2.46. The molecule has 8 N–H and O–H groups in total. The van der Waals surface area contributed by atoms with Crippen LogP contribution in [0.4, 0.5) is 24.5 Å². The van der Waals surface area contributed by atoms with E-state index in [1.165, 1.54) is 12.1 Å². The van der Waals surface area contributed by atoms with Crippen molar-refractivity contribution in [3.8, 4) is 0 Å². The minimum atomic E-state index is -4.35. The Morgan fingerprint density at radius 2 is 1.60 bits per heavy atom. The number of hydrogen-bond donors (Lipinski definition) is 6. The fourth-order valence-electron chi connectivity index (χ4n) is 2.28. The molecule has 0 radical (unpaired) electrons. The van der Waals surface area contributed by atoms with Gasteiger partial charge in [-0.25, -0.2) is 0 Å². The molecule has 1 amide bonds. The van der Waals surface area contributed by atoms with E-state index in [-0.39, 0.29) is 23.8 Å². The number of alkyl halides is 3. The van der Waals surface area contributed by atoms with Gasteiger partial charge in [0.05, 0.1) is 12.1 Å². The van der Waals surface area contributed by atoms with Crippen molar-refractivity contribution in [2.24, 2.45) is 11.6 Å². The number of hydrazine groups is 1. The molecule has 10 heteroatoms. The zero-order valence-corrected chi connectivity index (χ0v) is 17.0. The van der Waals surface area contributed by atoms with Gasteiger partial charge in [0.1, 0.15) is 5.84 Å². The molecule has 0 aliphatic heterocycles. The standard InChI is InChI=1S/C14H12F3N3.C6H15N3O/c15-14(16,17)9-5-7-10(8-6-9)20-12-4-2-1-3-11(12)13(18)19;1-6(2,3)9-5(10)4-8-7/h1-8,20H,(H3,18,19);8H,4,7H2,1-3H3,(H,9,10).